The highest BCUT2D eigenvalue weighted by atomic mass is 15.3. The lowest BCUT2D eigenvalue weighted by atomic mass is 9.94. The topological polar surface area (TPSA) is 18.8 Å². The van der Waals surface area contributed by atoms with Crippen molar-refractivity contribution in [2.24, 2.45) is 4.99 Å². The first-order valence-corrected chi connectivity index (χ1v) is 9.22. The van der Waals surface area contributed by atoms with Gasteiger partial charge in [0.2, 0.25) is 0 Å². The standard InChI is InChI=1S/C20H27N3/c1-3-13-22(14-4-1)19-10-7-9-18(17-19)20(11-8-12-21-20)23-15-5-2-6-16-23/h7-12,17H,1-6,13-16H2. The number of benzene rings is 1. The molecule has 0 bridgehead atoms. The molecule has 2 fully saturated rings. The molecule has 4 rings (SSSR count). The maximum atomic E-state index is 4.92. The number of anilines is 1. The average Bonchev–Trinajstić information content (AvgIpc) is 3.15. The number of nitrogens with zero attached hydrogens (tertiary/aromatic N) is 3. The number of aliphatic imine (C=N–C) groups is 1. The Morgan fingerprint density at radius 3 is 2.30 bits per heavy atom. The van der Waals surface area contributed by atoms with Crippen molar-refractivity contribution in [2.75, 3.05) is 31.1 Å². The molecule has 0 amide bonds. The van der Waals surface area contributed by atoms with Gasteiger partial charge in [-0.25, -0.2) is 0 Å². The van der Waals surface area contributed by atoms with E-state index in [2.05, 4.69) is 46.2 Å². The summed E-state index contributed by atoms with van der Waals surface area (Å²) in [5, 5.41) is 0. The summed E-state index contributed by atoms with van der Waals surface area (Å²) in [4.78, 5) is 10.0. The van der Waals surface area contributed by atoms with E-state index in [1.54, 1.807) is 0 Å². The molecule has 0 N–H and O–H groups in total. The molecule has 0 spiro atoms. The lowest BCUT2D eigenvalue weighted by molar-refractivity contribution is 0.112. The maximum Gasteiger partial charge on any atom is 0.158 e. The van der Waals surface area contributed by atoms with Crippen LogP contribution in [0.4, 0.5) is 5.69 Å². The molecule has 0 aliphatic carbocycles. The molecule has 3 nitrogen and oxygen atoms in total. The maximum absolute atomic E-state index is 4.92. The molecule has 0 aromatic heterocycles. The molecule has 1 aromatic carbocycles. The molecule has 122 valence electrons. The van der Waals surface area contributed by atoms with Crippen molar-refractivity contribution in [2.45, 2.75) is 44.2 Å². The Kier molecular flexibility index (Phi) is 4.21. The highest BCUT2D eigenvalue weighted by Gasteiger charge is 2.37. The summed E-state index contributed by atoms with van der Waals surface area (Å²) in [5.41, 5.74) is 2.44. The third-order valence-corrected chi connectivity index (χ3v) is 5.52. The molecular weight excluding hydrogens is 282 g/mol. The van der Waals surface area contributed by atoms with Crippen LogP contribution in [0.25, 0.3) is 0 Å². The van der Waals surface area contributed by atoms with E-state index in [9.17, 15) is 0 Å². The van der Waals surface area contributed by atoms with Gasteiger partial charge >= 0.3 is 0 Å². The Labute approximate surface area is 139 Å². The van der Waals surface area contributed by atoms with Crippen molar-refractivity contribution >= 4 is 11.9 Å². The number of hydrogen-bond acceptors (Lipinski definition) is 3. The number of hydrogen-bond donors (Lipinski definition) is 0. The zero-order valence-electron chi connectivity index (χ0n) is 14.0. The minimum absolute atomic E-state index is 0.258. The second-order valence-corrected chi connectivity index (χ2v) is 7.01. The quantitative estimate of drug-likeness (QED) is 0.842. The number of piperidine rings is 2. The average molecular weight is 309 g/mol. The summed E-state index contributed by atoms with van der Waals surface area (Å²) in [6.07, 6.45) is 14.3. The van der Waals surface area contributed by atoms with Gasteiger partial charge in [-0.1, -0.05) is 18.6 Å². The molecule has 3 heteroatoms. The largest absolute Gasteiger partial charge is 0.372 e. The molecule has 1 unspecified atom stereocenters. The first-order chi connectivity index (χ1) is 11.4. The minimum Gasteiger partial charge on any atom is -0.372 e. The Hall–Kier alpha value is -1.61. The molecule has 3 heterocycles. The van der Waals surface area contributed by atoms with Crippen LogP contribution in [0.5, 0.6) is 0 Å². The van der Waals surface area contributed by atoms with Gasteiger partial charge in [-0.2, -0.15) is 0 Å². The van der Waals surface area contributed by atoms with Crippen LogP contribution in [-0.4, -0.2) is 37.3 Å². The molecule has 1 atom stereocenters. The fourth-order valence-electron chi connectivity index (χ4n) is 4.24. The smallest absolute Gasteiger partial charge is 0.158 e. The summed E-state index contributed by atoms with van der Waals surface area (Å²) in [6, 6.07) is 9.12. The molecule has 0 radical (unpaired) electrons. The van der Waals surface area contributed by atoms with E-state index in [-0.39, 0.29) is 5.66 Å². The number of allylic oxidation sites excluding steroid dienone is 1. The van der Waals surface area contributed by atoms with Gasteiger partial charge in [0.1, 0.15) is 0 Å². The Bertz CT molecular complexity index is 581. The van der Waals surface area contributed by atoms with Gasteiger partial charge in [-0.15, -0.1) is 0 Å². The summed E-state index contributed by atoms with van der Waals surface area (Å²) >= 11 is 0. The van der Waals surface area contributed by atoms with Gasteiger partial charge in [0.25, 0.3) is 0 Å². The van der Waals surface area contributed by atoms with Crippen molar-refractivity contribution < 1.29 is 0 Å². The van der Waals surface area contributed by atoms with Crippen molar-refractivity contribution in [1.82, 2.24) is 4.90 Å². The monoisotopic (exact) mass is 309 g/mol. The van der Waals surface area contributed by atoms with E-state index in [4.69, 9.17) is 4.99 Å². The van der Waals surface area contributed by atoms with Crippen LogP contribution in [0.2, 0.25) is 0 Å². The summed E-state index contributed by atoms with van der Waals surface area (Å²) in [6.45, 7) is 4.68. The van der Waals surface area contributed by atoms with Gasteiger partial charge in [0, 0.05) is 43.6 Å². The van der Waals surface area contributed by atoms with E-state index in [0.717, 1.165) is 13.1 Å². The SMILES string of the molecule is C1=CC(c2cccc(N3CCCCC3)c2)(N2CCCCC2)N=C1. The zero-order valence-corrected chi connectivity index (χ0v) is 14.0. The number of likely N-dealkylation sites (tertiary alicyclic amines) is 1. The predicted octanol–water partition coefficient (Wildman–Crippen LogP) is 3.96. The molecule has 1 aromatic rings. The zero-order chi connectivity index (χ0) is 15.5. The van der Waals surface area contributed by atoms with Crippen LogP contribution < -0.4 is 4.90 Å². The van der Waals surface area contributed by atoms with E-state index in [1.807, 2.05) is 6.21 Å². The van der Waals surface area contributed by atoms with Gasteiger partial charge in [0.15, 0.2) is 5.66 Å². The van der Waals surface area contributed by atoms with Crippen molar-refractivity contribution in [3.05, 3.63) is 42.0 Å². The van der Waals surface area contributed by atoms with E-state index in [1.165, 1.54) is 62.9 Å². The van der Waals surface area contributed by atoms with Gasteiger partial charge < -0.3 is 4.90 Å². The second-order valence-electron chi connectivity index (χ2n) is 7.01. The van der Waals surface area contributed by atoms with E-state index >= 15 is 0 Å². The molecule has 2 saturated heterocycles. The minimum atomic E-state index is -0.258. The lowest BCUT2D eigenvalue weighted by Gasteiger charge is -2.41. The third kappa shape index (κ3) is 2.83. The second kappa shape index (κ2) is 6.48. The van der Waals surface area contributed by atoms with Crippen molar-refractivity contribution in [3.8, 4) is 0 Å². The van der Waals surface area contributed by atoms with Crippen molar-refractivity contribution in [3.63, 3.8) is 0 Å². The predicted molar refractivity (Wildman–Crippen MR) is 97.2 cm³/mol. The van der Waals surface area contributed by atoms with Gasteiger partial charge in [0.05, 0.1) is 0 Å². The highest BCUT2D eigenvalue weighted by molar-refractivity contribution is 5.76. The first kappa shape index (κ1) is 14.9. The Morgan fingerprint density at radius 1 is 0.870 bits per heavy atom. The van der Waals surface area contributed by atoms with E-state index in [0.29, 0.717) is 0 Å². The van der Waals surface area contributed by atoms with E-state index < -0.39 is 0 Å². The van der Waals surface area contributed by atoms with Gasteiger partial charge in [-0.05, 0) is 56.4 Å². The highest BCUT2D eigenvalue weighted by Crippen LogP contribution is 2.37. The Balaban J connectivity index is 1.66. The van der Waals surface area contributed by atoms with Crippen molar-refractivity contribution in [1.29, 1.82) is 0 Å². The van der Waals surface area contributed by atoms with Crippen LogP contribution >= 0.6 is 0 Å². The molecule has 0 saturated carbocycles. The van der Waals surface area contributed by atoms with Crippen LogP contribution in [0.3, 0.4) is 0 Å². The Morgan fingerprint density at radius 2 is 1.61 bits per heavy atom. The summed E-state index contributed by atoms with van der Waals surface area (Å²) in [7, 11) is 0. The summed E-state index contributed by atoms with van der Waals surface area (Å²) < 4.78 is 0. The van der Waals surface area contributed by atoms with Crippen LogP contribution in [0.1, 0.15) is 44.1 Å². The van der Waals surface area contributed by atoms with Crippen LogP contribution in [0, 0.1) is 0 Å². The normalized spacial score (nSPS) is 28.4. The molecular formula is C20H27N3. The van der Waals surface area contributed by atoms with Crippen LogP contribution in [-0.2, 0) is 5.66 Å². The fourth-order valence-corrected chi connectivity index (χ4v) is 4.24. The fraction of sp³-hybridized carbons (Fsp3) is 0.550. The van der Waals surface area contributed by atoms with Crippen LogP contribution in [0.15, 0.2) is 41.4 Å². The first-order valence-electron chi connectivity index (χ1n) is 9.22. The third-order valence-electron chi connectivity index (χ3n) is 5.52. The number of rotatable bonds is 3. The lowest BCUT2D eigenvalue weighted by Crippen LogP contribution is -2.45. The molecule has 3 aliphatic heterocycles. The van der Waals surface area contributed by atoms with Gasteiger partial charge in [-0.3, -0.25) is 9.89 Å². The summed E-state index contributed by atoms with van der Waals surface area (Å²) in [5.74, 6) is 0. The molecule has 3 aliphatic rings. The molecule has 23 heavy (non-hydrogen) atoms.